The van der Waals surface area contributed by atoms with E-state index in [1.807, 2.05) is 30.3 Å². The SMILES string of the molecule is NC(CCSCCC(c1ccc(-c2ccccc2)cc1O)C(F)(F)F)C(=O)O. The van der Waals surface area contributed by atoms with Crippen LogP contribution in [0.3, 0.4) is 0 Å². The number of nitrogens with two attached hydrogens (primary N) is 1. The van der Waals surface area contributed by atoms with Gasteiger partial charge in [-0.05, 0) is 41.5 Å². The van der Waals surface area contributed by atoms with E-state index in [2.05, 4.69) is 0 Å². The standard InChI is InChI=1S/C20H22F3NO3S/c21-20(22,23)16(8-10-28-11-9-17(24)19(26)27)15-7-6-14(12-18(15)25)13-4-2-1-3-5-13/h1-7,12,16-17,25H,8-11,24H2,(H,26,27). The normalized spacial score (nSPS) is 13.9. The second kappa shape index (κ2) is 9.84. The second-order valence-electron chi connectivity index (χ2n) is 6.37. The molecule has 2 rings (SSSR count). The van der Waals surface area contributed by atoms with Gasteiger partial charge >= 0.3 is 12.1 Å². The van der Waals surface area contributed by atoms with Crippen molar-refractivity contribution in [3.8, 4) is 16.9 Å². The number of alkyl halides is 3. The Balaban J connectivity index is 2.06. The lowest BCUT2D eigenvalue weighted by Crippen LogP contribution is -2.30. The number of thioether (sulfide) groups is 1. The zero-order valence-corrected chi connectivity index (χ0v) is 15.8. The molecule has 8 heteroatoms. The molecular formula is C20H22F3NO3S. The Hall–Kier alpha value is -2.19. The fraction of sp³-hybridized carbons (Fsp3) is 0.350. The van der Waals surface area contributed by atoms with Gasteiger partial charge in [-0.15, -0.1) is 0 Å². The number of benzene rings is 2. The molecule has 0 aliphatic rings. The molecule has 0 saturated carbocycles. The Morgan fingerprint density at radius 2 is 1.68 bits per heavy atom. The first-order valence-electron chi connectivity index (χ1n) is 8.71. The van der Waals surface area contributed by atoms with Crippen LogP contribution in [0.2, 0.25) is 0 Å². The van der Waals surface area contributed by atoms with Gasteiger partial charge in [-0.2, -0.15) is 24.9 Å². The third-order valence-electron chi connectivity index (χ3n) is 4.35. The molecule has 0 aromatic heterocycles. The molecule has 152 valence electrons. The highest BCUT2D eigenvalue weighted by molar-refractivity contribution is 7.99. The summed E-state index contributed by atoms with van der Waals surface area (Å²) >= 11 is 1.22. The predicted molar refractivity (Wildman–Crippen MR) is 105 cm³/mol. The highest BCUT2D eigenvalue weighted by Gasteiger charge is 2.41. The van der Waals surface area contributed by atoms with Crippen LogP contribution in [0, 0.1) is 0 Å². The smallest absolute Gasteiger partial charge is 0.395 e. The molecule has 0 aliphatic carbocycles. The van der Waals surface area contributed by atoms with Crippen molar-refractivity contribution in [2.75, 3.05) is 11.5 Å². The van der Waals surface area contributed by atoms with E-state index in [-0.39, 0.29) is 29.9 Å². The lowest BCUT2D eigenvalue weighted by molar-refractivity contribution is -0.151. The molecule has 0 saturated heterocycles. The fourth-order valence-electron chi connectivity index (χ4n) is 2.78. The van der Waals surface area contributed by atoms with Crippen molar-refractivity contribution >= 4 is 17.7 Å². The average molecular weight is 413 g/mol. The molecule has 4 N–H and O–H groups in total. The van der Waals surface area contributed by atoms with Crippen molar-refractivity contribution in [2.45, 2.75) is 31.0 Å². The van der Waals surface area contributed by atoms with E-state index in [0.717, 1.165) is 5.56 Å². The van der Waals surface area contributed by atoms with E-state index in [9.17, 15) is 23.1 Å². The lowest BCUT2D eigenvalue weighted by atomic mass is 9.92. The highest BCUT2D eigenvalue weighted by atomic mass is 32.2. The summed E-state index contributed by atoms with van der Waals surface area (Å²) in [5, 5.41) is 18.9. The first kappa shape index (κ1) is 22.1. The summed E-state index contributed by atoms with van der Waals surface area (Å²) in [6.07, 6.45) is -4.52. The van der Waals surface area contributed by atoms with Crippen LogP contribution in [0.25, 0.3) is 11.1 Å². The Labute approximate surface area is 165 Å². The van der Waals surface area contributed by atoms with Gasteiger partial charge in [0.25, 0.3) is 0 Å². The zero-order chi connectivity index (χ0) is 20.7. The van der Waals surface area contributed by atoms with Gasteiger partial charge in [-0.1, -0.05) is 42.5 Å². The van der Waals surface area contributed by atoms with Crippen molar-refractivity contribution in [2.24, 2.45) is 5.73 Å². The van der Waals surface area contributed by atoms with Gasteiger partial charge in [0, 0.05) is 5.56 Å². The molecule has 4 nitrogen and oxygen atoms in total. The Bertz CT molecular complexity index is 784. The molecule has 0 aliphatic heterocycles. The van der Waals surface area contributed by atoms with Crippen molar-refractivity contribution in [3.63, 3.8) is 0 Å². The van der Waals surface area contributed by atoms with Crippen LogP contribution < -0.4 is 5.73 Å². The number of carboxylic acids is 1. The summed E-state index contributed by atoms with van der Waals surface area (Å²) in [4.78, 5) is 10.6. The van der Waals surface area contributed by atoms with E-state index in [4.69, 9.17) is 10.8 Å². The molecule has 0 bridgehead atoms. The molecule has 28 heavy (non-hydrogen) atoms. The quantitative estimate of drug-likeness (QED) is 0.522. The number of rotatable bonds is 9. The van der Waals surface area contributed by atoms with Gasteiger partial charge in [-0.3, -0.25) is 4.79 Å². The first-order chi connectivity index (χ1) is 13.2. The molecule has 0 heterocycles. The van der Waals surface area contributed by atoms with Crippen LogP contribution in [0.1, 0.15) is 24.3 Å². The maximum atomic E-state index is 13.5. The first-order valence-corrected chi connectivity index (χ1v) is 9.86. The summed E-state index contributed by atoms with van der Waals surface area (Å²) in [6, 6.07) is 12.3. The van der Waals surface area contributed by atoms with Gasteiger partial charge in [0.05, 0.1) is 5.92 Å². The fourth-order valence-corrected chi connectivity index (χ4v) is 3.81. The number of aliphatic carboxylic acids is 1. The molecule has 2 aromatic rings. The number of phenols is 1. The van der Waals surface area contributed by atoms with Crippen LogP contribution >= 0.6 is 11.8 Å². The number of phenolic OH excluding ortho intramolecular Hbond substituents is 1. The average Bonchev–Trinajstić information content (AvgIpc) is 2.64. The number of carbonyl (C=O) groups is 1. The monoisotopic (exact) mass is 413 g/mol. The second-order valence-corrected chi connectivity index (χ2v) is 7.59. The molecule has 0 spiro atoms. The van der Waals surface area contributed by atoms with Crippen LogP contribution in [0.4, 0.5) is 13.2 Å². The number of hydrogen-bond donors (Lipinski definition) is 3. The number of hydrogen-bond acceptors (Lipinski definition) is 4. The molecule has 0 radical (unpaired) electrons. The van der Waals surface area contributed by atoms with Crippen LogP contribution in [-0.2, 0) is 4.79 Å². The van der Waals surface area contributed by atoms with Gasteiger partial charge < -0.3 is 15.9 Å². The maximum Gasteiger partial charge on any atom is 0.395 e. The van der Waals surface area contributed by atoms with Crippen molar-refractivity contribution in [1.29, 1.82) is 0 Å². The lowest BCUT2D eigenvalue weighted by Gasteiger charge is -2.22. The minimum atomic E-state index is -4.50. The minimum Gasteiger partial charge on any atom is -0.508 e. The van der Waals surface area contributed by atoms with Crippen LogP contribution in [0.15, 0.2) is 48.5 Å². The van der Waals surface area contributed by atoms with E-state index in [1.165, 1.54) is 23.9 Å². The Morgan fingerprint density at radius 3 is 2.25 bits per heavy atom. The van der Waals surface area contributed by atoms with Crippen LogP contribution in [-0.4, -0.2) is 39.9 Å². The minimum absolute atomic E-state index is 0.157. The van der Waals surface area contributed by atoms with Crippen LogP contribution in [0.5, 0.6) is 5.75 Å². The molecule has 2 atom stereocenters. The molecular weight excluding hydrogens is 391 g/mol. The summed E-state index contributed by atoms with van der Waals surface area (Å²) in [6.45, 7) is 0. The summed E-state index contributed by atoms with van der Waals surface area (Å²) < 4.78 is 40.6. The number of halogens is 3. The number of carboxylic acid groups (broad SMARTS) is 1. The summed E-state index contributed by atoms with van der Waals surface area (Å²) in [7, 11) is 0. The molecule has 2 aromatic carbocycles. The van der Waals surface area contributed by atoms with Crippen molar-refractivity contribution in [1.82, 2.24) is 0 Å². The predicted octanol–water partition coefficient (Wildman–Crippen LogP) is 4.63. The highest BCUT2D eigenvalue weighted by Crippen LogP contribution is 2.42. The maximum absolute atomic E-state index is 13.5. The third kappa shape index (κ3) is 6.17. The molecule has 2 unspecified atom stereocenters. The van der Waals surface area contributed by atoms with Gasteiger partial charge in [0.2, 0.25) is 0 Å². The Morgan fingerprint density at radius 1 is 1.04 bits per heavy atom. The largest absolute Gasteiger partial charge is 0.508 e. The van der Waals surface area contributed by atoms with Crippen molar-refractivity contribution < 1.29 is 28.2 Å². The van der Waals surface area contributed by atoms with E-state index in [1.54, 1.807) is 6.07 Å². The molecule has 0 amide bonds. The van der Waals surface area contributed by atoms with Gasteiger partial charge in [0.1, 0.15) is 11.8 Å². The zero-order valence-electron chi connectivity index (χ0n) is 15.0. The van der Waals surface area contributed by atoms with E-state index in [0.29, 0.717) is 11.3 Å². The topological polar surface area (TPSA) is 83.5 Å². The summed E-state index contributed by atoms with van der Waals surface area (Å²) in [5.74, 6) is -2.77. The van der Waals surface area contributed by atoms with E-state index >= 15 is 0 Å². The molecule has 0 fully saturated rings. The number of aromatic hydroxyl groups is 1. The van der Waals surface area contributed by atoms with Gasteiger partial charge in [-0.25, -0.2) is 0 Å². The van der Waals surface area contributed by atoms with Gasteiger partial charge in [0.15, 0.2) is 0 Å². The van der Waals surface area contributed by atoms with E-state index < -0.39 is 24.1 Å². The summed E-state index contributed by atoms with van der Waals surface area (Å²) in [5.41, 5.74) is 6.66. The third-order valence-corrected chi connectivity index (χ3v) is 5.40. The van der Waals surface area contributed by atoms with Crippen molar-refractivity contribution in [3.05, 3.63) is 54.1 Å². The Kier molecular flexibility index (Phi) is 7.77.